The molecule has 2 nitrogen and oxygen atoms in total. The predicted octanol–water partition coefficient (Wildman–Crippen LogP) is 0.342. The predicted molar refractivity (Wildman–Crippen MR) is 30.5 cm³/mol. The number of hydrogen-bond donors (Lipinski definition) is 1. The van der Waals surface area contributed by atoms with Crippen molar-refractivity contribution in [3.05, 3.63) is 0 Å². The highest BCUT2D eigenvalue weighted by Crippen LogP contribution is 2.25. The molecule has 0 bridgehead atoms. The zero-order valence-corrected chi connectivity index (χ0v) is 4.89. The van der Waals surface area contributed by atoms with Gasteiger partial charge in [0.1, 0.15) is 6.23 Å². The molecule has 8 heavy (non-hydrogen) atoms. The van der Waals surface area contributed by atoms with Gasteiger partial charge in [-0.1, -0.05) is 0 Å². The third-order valence-corrected chi connectivity index (χ3v) is 2.02. The Morgan fingerprint density at radius 3 is 2.88 bits per heavy atom. The molecule has 0 spiro atoms. The molecule has 0 aromatic carbocycles. The van der Waals surface area contributed by atoms with Crippen LogP contribution in [0.4, 0.5) is 0 Å². The van der Waals surface area contributed by atoms with E-state index in [1.54, 1.807) is 0 Å². The lowest BCUT2D eigenvalue weighted by molar-refractivity contribution is -0.146. The van der Waals surface area contributed by atoms with Crippen LogP contribution in [0.15, 0.2) is 0 Å². The van der Waals surface area contributed by atoms with Gasteiger partial charge < -0.3 is 4.74 Å². The van der Waals surface area contributed by atoms with Crippen LogP contribution in [-0.4, -0.2) is 19.4 Å². The van der Waals surface area contributed by atoms with Crippen LogP contribution in [0.25, 0.3) is 0 Å². The topological polar surface area (TPSA) is 21.3 Å². The van der Waals surface area contributed by atoms with Gasteiger partial charge in [-0.3, -0.25) is 5.32 Å². The van der Waals surface area contributed by atoms with Crippen molar-refractivity contribution in [2.45, 2.75) is 19.1 Å². The second-order valence-corrected chi connectivity index (χ2v) is 2.61. The molecule has 2 fully saturated rings. The Labute approximate surface area is 49.2 Å². The molecule has 2 heterocycles. The van der Waals surface area contributed by atoms with Crippen molar-refractivity contribution in [3.63, 3.8) is 0 Å². The maximum absolute atomic E-state index is 5.22. The fraction of sp³-hybridized carbons (Fsp3) is 1.00. The minimum absolute atomic E-state index is 0.434. The molecule has 2 unspecified atom stereocenters. The Hall–Kier alpha value is -0.0800. The molecule has 2 saturated heterocycles. The fourth-order valence-corrected chi connectivity index (χ4v) is 1.40. The Bertz CT molecular complexity index is 82.5. The maximum atomic E-state index is 5.22. The summed E-state index contributed by atoms with van der Waals surface area (Å²) in [6.45, 7) is 2.15. The van der Waals surface area contributed by atoms with Crippen molar-refractivity contribution in [2.75, 3.05) is 13.2 Å². The standard InChI is InChI=1S/C6H11NO/c1-2-5-4-8-6(5)7-3-1/h5-7H,1-4H2. The number of rotatable bonds is 0. The van der Waals surface area contributed by atoms with Crippen LogP contribution in [0.2, 0.25) is 0 Å². The average molecular weight is 113 g/mol. The summed E-state index contributed by atoms with van der Waals surface area (Å²) in [6, 6.07) is 0. The number of fused-ring (bicyclic) bond motifs is 1. The van der Waals surface area contributed by atoms with E-state index in [1.807, 2.05) is 0 Å². The quantitative estimate of drug-likeness (QED) is 0.489. The smallest absolute Gasteiger partial charge is 0.113 e. The molecule has 2 aliphatic heterocycles. The van der Waals surface area contributed by atoms with E-state index in [2.05, 4.69) is 5.32 Å². The van der Waals surface area contributed by atoms with Gasteiger partial charge in [-0.2, -0.15) is 0 Å². The van der Waals surface area contributed by atoms with Crippen molar-refractivity contribution >= 4 is 0 Å². The van der Waals surface area contributed by atoms with Crippen LogP contribution >= 0.6 is 0 Å². The molecule has 2 heteroatoms. The maximum Gasteiger partial charge on any atom is 0.113 e. The molecule has 1 N–H and O–H groups in total. The first-order valence-electron chi connectivity index (χ1n) is 3.32. The molecule has 2 rings (SSSR count). The lowest BCUT2D eigenvalue weighted by Gasteiger charge is -2.40. The summed E-state index contributed by atoms with van der Waals surface area (Å²) in [5.74, 6) is 0.851. The number of ether oxygens (including phenoxy) is 1. The SMILES string of the molecule is C1CNC2OCC2C1. The molecule has 2 aliphatic rings. The summed E-state index contributed by atoms with van der Waals surface area (Å²) in [6.07, 6.45) is 3.14. The van der Waals surface area contributed by atoms with Crippen molar-refractivity contribution in [1.29, 1.82) is 0 Å². The third kappa shape index (κ3) is 0.565. The molecule has 0 aliphatic carbocycles. The van der Waals surface area contributed by atoms with Gasteiger partial charge in [-0.25, -0.2) is 0 Å². The Morgan fingerprint density at radius 2 is 2.50 bits per heavy atom. The second kappa shape index (κ2) is 1.71. The summed E-state index contributed by atoms with van der Waals surface area (Å²) >= 11 is 0. The van der Waals surface area contributed by atoms with Gasteiger partial charge in [0.2, 0.25) is 0 Å². The largest absolute Gasteiger partial charge is 0.363 e. The van der Waals surface area contributed by atoms with Crippen molar-refractivity contribution < 1.29 is 4.74 Å². The molecule has 0 aromatic heterocycles. The van der Waals surface area contributed by atoms with E-state index in [-0.39, 0.29) is 0 Å². The second-order valence-electron chi connectivity index (χ2n) is 2.61. The zero-order valence-electron chi connectivity index (χ0n) is 4.89. The molecular formula is C6H11NO. The van der Waals surface area contributed by atoms with E-state index in [1.165, 1.54) is 12.8 Å². The van der Waals surface area contributed by atoms with Crippen LogP contribution in [-0.2, 0) is 4.74 Å². The molecule has 0 radical (unpaired) electrons. The molecule has 0 saturated carbocycles. The summed E-state index contributed by atoms with van der Waals surface area (Å²) in [7, 11) is 0. The van der Waals surface area contributed by atoms with Gasteiger partial charge in [-0.15, -0.1) is 0 Å². The van der Waals surface area contributed by atoms with Crippen molar-refractivity contribution in [1.82, 2.24) is 5.32 Å². The van der Waals surface area contributed by atoms with Crippen LogP contribution in [0.3, 0.4) is 0 Å². The van der Waals surface area contributed by atoms with Crippen molar-refractivity contribution in [3.8, 4) is 0 Å². The fourth-order valence-electron chi connectivity index (χ4n) is 1.40. The van der Waals surface area contributed by atoms with Crippen LogP contribution in [0, 0.1) is 5.92 Å². The zero-order chi connectivity index (χ0) is 5.40. The Morgan fingerprint density at radius 1 is 1.50 bits per heavy atom. The van der Waals surface area contributed by atoms with Crippen LogP contribution in [0.5, 0.6) is 0 Å². The van der Waals surface area contributed by atoms with E-state index in [4.69, 9.17) is 4.74 Å². The van der Waals surface area contributed by atoms with E-state index in [9.17, 15) is 0 Å². The van der Waals surface area contributed by atoms with Gasteiger partial charge in [0, 0.05) is 5.92 Å². The summed E-state index contributed by atoms with van der Waals surface area (Å²) in [5.41, 5.74) is 0. The first kappa shape index (κ1) is 4.77. The highest BCUT2D eigenvalue weighted by Gasteiger charge is 2.33. The minimum atomic E-state index is 0.434. The van der Waals surface area contributed by atoms with Crippen molar-refractivity contribution in [2.24, 2.45) is 5.92 Å². The van der Waals surface area contributed by atoms with E-state index >= 15 is 0 Å². The highest BCUT2D eigenvalue weighted by atomic mass is 16.5. The first-order valence-corrected chi connectivity index (χ1v) is 3.32. The van der Waals surface area contributed by atoms with Gasteiger partial charge in [0.25, 0.3) is 0 Å². The number of nitrogens with one attached hydrogen (secondary N) is 1. The number of hydrogen-bond acceptors (Lipinski definition) is 2. The van der Waals surface area contributed by atoms with Gasteiger partial charge in [0.15, 0.2) is 0 Å². The van der Waals surface area contributed by atoms with Crippen LogP contribution in [0.1, 0.15) is 12.8 Å². The molecule has 2 atom stereocenters. The Kier molecular flexibility index (Phi) is 1.02. The van der Waals surface area contributed by atoms with Gasteiger partial charge in [-0.05, 0) is 19.4 Å². The Balaban J connectivity index is 1.92. The molecule has 0 aromatic rings. The van der Waals surface area contributed by atoms with E-state index < -0.39 is 0 Å². The van der Waals surface area contributed by atoms with Crippen LogP contribution < -0.4 is 5.32 Å². The molecular weight excluding hydrogens is 102 g/mol. The number of piperidine rings is 1. The lowest BCUT2D eigenvalue weighted by Crippen LogP contribution is -2.53. The highest BCUT2D eigenvalue weighted by molar-refractivity contribution is 4.80. The average Bonchev–Trinajstić information content (AvgIpc) is 1.72. The monoisotopic (exact) mass is 113 g/mol. The minimum Gasteiger partial charge on any atom is -0.363 e. The first-order chi connectivity index (χ1) is 3.97. The van der Waals surface area contributed by atoms with Gasteiger partial charge in [0.05, 0.1) is 6.61 Å². The molecule has 0 amide bonds. The van der Waals surface area contributed by atoms with E-state index in [0.29, 0.717) is 6.23 Å². The normalized spacial score (nSPS) is 45.0. The third-order valence-electron chi connectivity index (χ3n) is 2.02. The molecule has 46 valence electrons. The van der Waals surface area contributed by atoms with E-state index in [0.717, 1.165) is 19.1 Å². The summed E-state index contributed by atoms with van der Waals surface area (Å²) < 4.78 is 5.22. The van der Waals surface area contributed by atoms with Gasteiger partial charge >= 0.3 is 0 Å². The summed E-state index contributed by atoms with van der Waals surface area (Å²) in [4.78, 5) is 0. The summed E-state index contributed by atoms with van der Waals surface area (Å²) in [5, 5.41) is 3.30. The lowest BCUT2D eigenvalue weighted by atomic mass is 9.95.